The molecule has 4 saturated carbocycles. The lowest BCUT2D eigenvalue weighted by Gasteiger charge is -2.69. The average molecular weight is 955 g/mol. The smallest absolute Gasteiger partial charge is 0.335 e. The van der Waals surface area contributed by atoms with Gasteiger partial charge in [0.1, 0.15) is 54.9 Å². The van der Waals surface area contributed by atoms with Gasteiger partial charge in [0, 0.05) is 5.41 Å². The number of carbonyl (C=O) groups is 2. The van der Waals surface area contributed by atoms with E-state index < -0.39 is 127 Å². The molecule has 67 heavy (non-hydrogen) atoms. The van der Waals surface area contributed by atoms with Crippen molar-refractivity contribution in [3.05, 3.63) is 23.3 Å². The summed E-state index contributed by atoms with van der Waals surface area (Å²) in [4.78, 5) is 24.7. The lowest BCUT2D eigenvalue weighted by atomic mass is 9.36. The normalized spacial score (nSPS) is 54.0. The standard InChI is InChI=1S/C48H74O19/c1-20-27(51)28(52)33(57)40(62-20)66-37-32(56)30(54)35(39(60)61)65-42(37)67-36-31(55)29(53)34(38(58)59)64-41(36)63-26-12-13-46(6)23(43(26,2)3)11-14-48(8)24(46)10-9-21-22-17-45(5,19-49)25(50)18-44(22,4)15-16-47(21,48)7/h9-10,20,22-23,25-37,40-42,49-57H,11-19H2,1-8H3,(H,58,59)(H,60,61)/t20-,22-,23-,25-,26-,27-,28+,29-,30-,31-,32-,33+,34-,35-,36+,37+,40-,41+,42-,44-,45+,46-,47+,48+/m0/s1. The van der Waals surface area contributed by atoms with E-state index in [1.807, 2.05) is 6.92 Å². The number of rotatable bonds is 9. The summed E-state index contributed by atoms with van der Waals surface area (Å²) in [6, 6.07) is 0. The molecule has 0 amide bonds. The summed E-state index contributed by atoms with van der Waals surface area (Å²) >= 11 is 0. The fourth-order valence-electron chi connectivity index (χ4n) is 14.4. The Hall–Kier alpha value is -2.18. The molecule has 0 unspecified atom stereocenters. The van der Waals surface area contributed by atoms with E-state index in [1.54, 1.807) is 0 Å². The monoisotopic (exact) mass is 954 g/mol. The molecule has 19 nitrogen and oxygen atoms in total. The molecule has 11 N–H and O–H groups in total. The van der Waals surface area contributed by atoms with E-state index in [9.17, 15) is 65.8 Å². The molecule has 0 aromatic rings. The lowest BCUT2D eigenvalue weighted by Crippen LogP contribution is -2.68. The number of hydrogen-bond donors (Lipinski definition) is 11. The molecule has 0 aromatic heterocycles. The third-order valence-corrected chi connectivity index (χ3v) is 19.0. The quantitative estimate of drug-likeness (QED) is 0.142. The Labute approximate surface area is 390 Å². The molecule has 8 rings (SSSR count). The molecule has 0 bridgehead atoms. The van der Waals surface area contributed by atoms with E-state index in [-0.39, 0.29) is 40.1 Å². The topological polar surface area (TPSA) is 312 Å². The first-order chi connectivity index (χ1) is 31.1. The van der Waals surface area contributed by atoms with Gasteiger partial charge in [-0.25, -0.2) is 9.59 Å². The van der Waals surface area contributed by atoms with Crippen molar-refractivity contribution in [3.63, 3.8) is 0 Å². The zero-order chi connectivity index (χ0) is 49.3. The zero-order valence-electron chi connectivity index (χ0n) is 39.7. The van der Waals surface area contributed by atoms with Crippen LogP contribution < -0.4 is 0 Å². The van der Waals surface area contributed by atoms with Crippen LogP contribution in [0.25, 0.3) is 0 Å². The number of allylic oxidation sites excluding steroid dienone is 4. The minimum atomic E-state index is -2.14. The Balaban J connectivity index is 1.08. The van der Waals surface area contributed by atoms with Crippen molar-refractivity contribution in [1.82, 2.24) is 0 Å². The Bertz CT molecular complexity index is 1960. The third kappa shape index (κ3) is 7.89. The maximum Gasteiger partial charge on any atom is 0.335 e. The third-order valence-electron chi connectivity index (χ3n) is 19.0. The highest BCUT2D eigenvalue weighted by molar-refractivity contribution is 5.74. The molecule has 8 aliphatic rings. The summed E-state index contributed by atoms with van der Waals surface area (Å²) in [5, 5.41) is 118. The van der Waals surface area contributed by atoms with Gasteiger partial charge < -0.3 is 84.6 Å². The summed E-state index contributed by atoms with van der Waals surface area (Å²) in [6.07, 6.45) is -18.9. The summed E-state index contributed by atoms with van der Waals surface area (Å²) in [5.74, 6) is -3.11. The molecule has 3 saturated heterocycles. The van der Waals surface area contributed by atoms with Crippen LogP contribution in [-0.2, 0) is 38.0 Å². The fourth-order valence-corrected chi connectivity index (χ4v) is 14.4. The molecular weight excluding hydrogens is 881 g/mol. The second-order valence-electron chi connectivity index (χ2n) is 23.2. The minimum Gasteiger partial charge on any atom is -0.479 e. The van der Waals surface area contributed by atoms with Gasteiger partial charge in [-0.3, -0.25) is 0 Å². The maximum absolute atomic E-state index is 12.5. The maximum atomic E-state index is 12.5. The summed E-state index contributed by atoms with van der Waals surface area (Å²) in [5.41, 5.74) is 0.710. The second kappa shape index (κ2) is 17.5. The van der Waals surface area contributed by atoms with Crippen LogP contribution in [0.2, 0.25) is 0 Å². The summed E-state index contributed by atoms with van der Waals surface area (Å²) in [7, 11) is 0. The van der Waals surface area contributed by atoms with Crippen molar-refractivity contribution >= 4 is 11.9 Å². The van der Waals surface area contributed by atoms with Gasteiger partial charge in [0.25, 0.3) is 0 Å². The molecule has 0 spiro atoms. The van der Waals surface area contributed by atoms with Gasteiger partial charge >= 0.3 is 11.9 Å². The Morgan fingerprint density at radius 3 is 1.76 bits per heavy atom. The number of aliphatic hydroxyl groups excluding tert-OH is 9. The first-order valence-electron chi connectivity index (χ1n) is 24.0. The van der Waals surface area contributed by atoms with E-state index in [0.29, 0.717) is 25.7 Å². The van der Waals surface area contributed by atoms with Crippen molar-refractivity contribution in [1.29, 1.82) is 0 Å². The van der Waals surface area contributed by atoms with Gasteiger partial charge in [0.05, 0.1) is 24.9 Å². The van der Waals surface area contributed by atoms with Crippen molar-refractivity contribution in [2.45, 2.75) is 211 Å². The molecule has 0 aromatic carbocycles. The predicted molar refractivity (Wildman–Crippen MR) is 231 cm³/mol. The predicted octanol–water partition coefficient (Wildman–Crippen LogP) is 0.717. The highest BCUT2D eigenvalue weighted by Crippen LogP contribution is 2.74. The number of ether oxygens (including phenoxy) is 6. The summed E-state index contributed by atoms with van der Waals surface area (Å²) in [6.45, 7) is 16.8. The summed E-state index contributed by atoms with van der Waals surface area (Å²) < 4.78 is 35.7. The van der Waals surface area contributed by atoms with E-state index >= 15 is 0 Å². The molecule has 3 aliphatic heterocycles. The van der Waals surface area contributed by atoms with E-state index in [1.165, 1.54) is 18.1 Å². The van der Waals surface area contributed by atoms with Crippen molar-refractivity contribution < 1.29 is 94.2 Å². The van der Waals surface area contributed by atoms with Crippen LogP contribution >= 0.6 is 0 Å². The van der Waals surface area contributed by atoms with Gasteiger partial charge in [0.2, 0.25) is 0 Å². The molecule has 24 atom stereocenters. The molecular formula is C48H74O19. The Morgan fingerprint density at radius 2 is 1.19 bits per heavy atom. The van der Waals surface area contributed by atoms with Crippen molar-refractivity contribution in [3.8, 4) is 0 Å². The number of aliphatic hydroxyl groups is 9. The van der Waals surface area contributed by atoms with E-state index in [2.05, 4.69) is 53.7 Å². The highest BCUT2D eigenvalue weighted by Gasteiger charge is 2.67. The Kier molecular flexibility index (Phi) is 13.4. The molecule has 19 heteroatoms. The average Bonchev–Trinajstić information content (AvgIpc) is 3.25. The minimum absolute atomic E-state index is 0.0207. The van der Waals surface area contributed by atoms with Gasteiger partial charge in [-0.05, 0) is 97.2 Å². The number of carboxylic acids is 2. The van der Waals surface area contributed by atoms with Crippen LogP contribution in [0, 0.1) is 44.3 Å². The van der Waals surface area contributed by atoms with Crippen LogP contribution in [0.3, 0.4) is 0 Å². The van der Waals surface area contributed by atoms with E-state index in [4.69, 9.17) is 28.4 Å². The van der Waals surface area contributed by atoms with Gasteiger partial charge in [-0.15, -0.1) is 0 Å². The Morgan fingerprint density at radius 1 is 0.627 bits per heavy atom. The number of fused-ring (bicyclic) bond motifs is 7. The molecule has 7 fully saturated rings. The lowest BCUT2D eigenvalue weighted by molar-refractivity contribution is -0.392. The first-order valence-corrected chi connectivity index (χ1v) is 24.0. The van der Waals surface area contributed by atoms with Crippen LogP contribution in [-0.4, -0.2) is 179 Å². The van der Waals surface area contributed by atoms with Crippen LogP contribution in [0.15, 0.2) is 23.3 Å². The van der Waals surface area contributed by atoms with Crippen LogP contribution in [0.5, 0.6) is 0 Å². The molecule has 380 valence electrons. The largest absolute Gasteiger partial charge is 0.479 e. The van der Waals surface area contributed by atoms with Gasteiger partial charge in [-0.1, -0.05) is 71.8 Å². The number of carboxylic acid groups (broad SMARTS) is 2. The van der Waals surface area contributed by atoms with Crippen molar-refractivity contribution in [2.75, 3.05) is 6.61 Å². The first kappa shape index (κ1) is 51.2. The number of aliphatic carboxylic acids is 2. The molecule has 3 heterocycles. The van der Waals surface area contributed by atoms with Crippen LogP contribution in [0.4, 0.5) is 0 Å². The van der Waals surface area contributed by atoms with Gasteiger partial charge in [0.15, 0.2) is 31.1 Å². The SMILES string of the molecule is C[C@@H]1O[C@@H](O[C@H]2[C@H](O[C@H]3[C@H](O[C@H]4CC[C@]5(C)C6=CC=C7[C@@H]8C[C@](C)(CO)[C@@H](O)C[C@]8(C)CC[C@@]7(C)[C@]6(C)CC[C@H]5C4(C)C)O[C@H](C(=O)O)[C@@H](O)[C@@H]3O)O[C@H](C(=O)O)[C@@H](O)[C@@H]2O)[C@H](O)[C@H](O)[C@H]1O. The molecule has 5 aliphatic carbocycles. The van der Waals surface area contributed by atoms with Gasteiger partial charge in [-0.2, -0.15) is 0 Å². The number of hydrogen-bond acceptors (Lipinski definition) is 17. The fraction of sp³-hybridized carbons (Fsp3) is 0.875. The van der Waals surface area contributed by atoms with Crippen molar-refractivity contribution in [2.24, 2.45) is 44.3 Å². The second-order valence-corrected chi connectivity index (χ2v) is 23.2. The highest BCUT2D eigenvalue weighted by atomic mass is 16.8. The molecule has 0 radical (unpaired) electrons. The van der Waals surface area contributed by atoms with E-state index in [0.717, 1.165) is 25.7 Å². The zero-order valence-corrected chi connectivity index (χ0v) is 39.7. The van der Waals surface area contributed by atoms with Crippen LogP contribution in [0.1, 0.15) is 107 Å².